The maximum absolute atomic E-state index is 13.0. The maximum atomic E-state index is 13.0. The lowest BCUT2D eigenvalue weighted by Gasteiger charge is -2.20. The highest BCUT2D eigenvalue weighted by atomic mass is 16.2. The van der Waals surface area contributed by atoms with Crippen LogP contribution in [-0.2, 0) is 11.2 Å². The van der Waals surface area contributed by atoms with Crippen LogP contribution in [0.1, 0.15) is 32.6 Å². The molecular formula is C26H28N4O2. The molecule has 2 aromatic carbocycles. The van der Waals surface area contributed by atoms with Gasteiger partial charge in [-0.05, 0) is 62.1 Å². The molecule has 2 amide bonds. The maximum Gasteiger partial charge on any atom is 0.259 e. The zero-order valence-corrected chi connectivity index (χ0v) is 19.0. The first-order valence-corrected chi connectivity index (χ1v) is 10.8. The van der Waals surface area contributed by atoms with Crippen molar-refractivity contribution in [1.29, 1.82) is 0 Å². The van der Waals surface area contributed by atoms with Gasteiger partial charge in [-0.1, -0.05) is 35.9 Å². The average Bonchev–Trinajstić information content (AvgIpc) is 3.20. The Morgan fingerprint density at radius 3 is 2.47 bits per heavy atom. The van der Waals surface area contributed by atoms with E-state index in [1.54, 1.807) is 28.1 Å². The Kier molecular flexibility index (Phi) is 5.95. The van der Waals surface area contributed by atoms with Crippen LogP contribution < -0.4 is 15.1 Å². The number of aromatic nitrogens is 1. The summed E-state index contributed by atoms with van der Waals surface area (Å²) in [5, 5.41) is 3.01. The molecular weight excluding hydrogens is 400 g/mol. The van der Waals surface area contributed by atoms with Crippen molar-refractivity contribution in [3.05, 3.63) is 82.5 Å². The van der Waals surface area contributed by atoms with E-state index in [0.29, 0.717) is 17.9 Å². The van der Waals surface area contributed by atoms with E-state index < -0.39 is 0 Å². The number of nitrogens with one attached hydrogen (secondary N) is 1. The van der Waals surface area contributed by atoms with Crippen LogP contribution in [0.5, 0.6) is 0 Å². The van der Waals surface area contributed by atoms with E-state index in [-0.39, 0.29) is 18.4 Å². The van der Waals surface area contributed by atoms with Crippen molar-refractivity contribution < 1.29 is 9.59 Å². The van der Waals surface area contributed by atoms with Crippen LogP contribution in [-0.4, -0.2) is 36.9 Å². The molecule has 0 spiro atoms. The van der Waals surface area contributed by atoms with Crippen molar-refractivity contribution in [3.8, 4) is 0 Å². The second kappa shape index (κ2) is 8.83. The molecule has 1 aromatic heterocycles. The highest BCUT2D eigenvalue weighted by molar-refractivity contribution is 6.07. The number of carbonyl (C=O) groups is 2. The van der Waals surface area contributed by atoms with Crippen LogP contribution in [0.4, 0.5) is 17.2 Å². The number of pyridine rings is 1. The number of hydrogen-bond acceptors (Lipinski definition) is 4. The summed E-state index contributed by atoms with van der Waals surface area (Å²) < 4.78 is 0. The quantitative estimate of drug-likeness (QED) is 0.659. The molecule has 0 saturated heterocycles. The van der Waals surface area contributed by atoms with Gasteiger partial charge in [0.2, 0.25) is 5.91 Å². The number of amides is 2. The lowest BCUT2D eigenvalue weighted by Crippen LogP contribution is -2.31. The average molecular weight is 429 g/mol. The van der Waals surface area contributed by atoms with E-state index in [1.807, 2.05) is 46.0 Å². The second-order valence-corrected chi connectivity index (χ2v) is 8.42. The summed E-state index contributed by atoms with van der Waals surface area (Å²) >= 11 is 0. The van der Waals surface area contributed by atoms with E-state index in [9.17, 15) is 9.59 Å². The zero-order valence-electron chi connectivity index (χ0n) is 19.0. The van der Waals surface area contributed by atoms with Gasteiger partial charge >= 0.3 is 0 Å². The third-order valence-electron chi connectivity index (χ3n) is 5.84. The summed E-state index contributed by atoms with van der Waals surface area (Å²) in [6, 6.07) is 15.7. The van der Waals surface area contributed by atoms with Gasteiger partial charge in [-0.15, -0.1) is 0 Å². The monoisotopic (exact) mass is 428 g/mol. The summed E-state index contributed by atoms with van der Waals surface area (Å²) in [7, 11) is 1.81. The van der Waals surface area contributed by atoms with Crippen LogP contribution in [0.25, 0.3) is 0 Å². The van der Waals surface area contributed by atoms with Crippen molar-refractivity contribution in [2.75, 3.05) is 35.3 Å². The predicted octanol–water partition coefficient (Wildman–Crippen LogP) is 4.28. The number of carbonyl (C=O) groups excluding carboxylic acids is 2. The Morgan fingerprint density at radius 1 is 1.06 bits per heavy atom. The topological polar surface area (TPSA) is 65.5 Å². The number of hydrogen-bond donors (Lipinski definition) is 1. The SMILES string of the molecule is Cc1cc(C)c(NC(=O)CN(C)c2ccc(C(=O)N3CCc4ccccc43)cn2)c(C)c1. The van der Waals surface area contributed by atoms with E-state index in [1.165, 1.54) is 11.1 Å². The summed E-state index contributed by atoms with van der Waals surface area (Å²) in [4.78, 5) is 33.6. The third kappa shape index (κ3) is 4.35. The van der Waals surface area contributed by atoms with Gasteiger partial charge < -0.3 is 15.1 Å². The largest absolute Gasteiger partial charge is 0.350 e. The molecule has 2 heterocycles. The van der Waals surface area contributed by atoms with Gasteiger partial charge in [-0.25, -0.2) is 4.98 Å². The number of para-hydroxylation sites is 1. The molecule has 1 aliphatic rings. The van der Waals surface area contributed by atoms with E-state index in [0.717, 1.165) is 28.9 Å². The zero-order chi connectivity index (χ0) is 22.8. The molecule has 4 rings (SSSR count). The van der Waals surface area contributed by atoms with Gasteiger partial charge in [0.25, 0.3) is 5.91 Å². The Labute approximate surface area is 188 Å². The first kappa shape index (κ1) is 21.6. The van der Waals surface area contributed by atoms with Gasteiger partial charge in [-0.3, -0.25) is 9.59 Å². The van der Waals surface area contributed by atoms with Crippen LogP contribution >= 0.6 is 0 Å². The molecule has 1 N–H and O–H groups in total. The smallest absolute Gasteiger partial charge is 0.259 e. The highest BCUT2D eigenvalue weighted by Gasteiger charge is 2.25. The summed E-state index contributed by atoms with van der Waals surface area (Å²) in [5.41, 5.74) is 6.81. The summed E-state index contributed by atoms with van der Waals surface area (Å²) in [5.74, 6) is 0.466. The Morgan fingerprint density at radius 2 is 1.78 bits per heavy atom. The number of benzene rings is 2. The van der Waals surface area contributed by atoms with Crippen molar-refractivity contribution in [1.82, 2.24) is 4.98 Å². The van der Waals surface area contributed by atoms with Crippen LogP contribution in [0.15, 0.2) is 54.7 Å². The number of rotatable bonds is 5. The van der Waals surface area contributed by atoms with Crippen LogP contribution in [0.3, 0.4) is 0 Å². The Hall–Kier alpha value is -3.67. The van der Waals surface area contributed by atoms with Crippen LogP contribution in [0.2, 0.25) is 0 Å². The van der Waals surface area contributed by atoms with E-state index in [2.05, 4.69) is 28.5 Å². The molecule has 3 aromatic rings. The third-order valence-corrected chi connectivity index (χ3v) is 5.84. The fraction of sp³-hybridized carbons (Fsp3) is 0.269. The first-order valence-electron chi connectivity index (χ1n) is 10.8. The second-order valence-electron chi connectivity index (χ2n) is 8.42. The van der Waals surface area contributed by atoms with Crippen molar-refractivity contribution in [2.45, 2.75) is 27.2 Å². The van der Waals surface area contributed by atoms with Gasteiger partial charge in [0, 0.05) is 31.2 Å². The fourth-order valence-corrected chi connectivity index (χ4v) is 4.30. The standard InChI is InChI=1S/C26H28N4O2/c1-17-13-18(2)25(19(3)14-17)28-24(31)16-29(4)23-10-9-21(15-27-23)26(32)30-12-11-20-7-5-6-8-22(20)30/h5-10,13-15H,11-12,16H2,1-4H3,(H,28,31). The molecule has 0 atom stereocenters. The van der Waals surface area contributed by atoms with E-state index in [4.69, 9.17) is 0 Å². The van der Waals surface area contributed by atoms with E-state index >= 15 is 0 Å². The van der Waals surface area contributed by atoms with Gasteiger partial charge in [0.05, 0.1) is 12.1 Å². The highest BCUT2D eigenvalue weighted by Crippen LogP contribution is 2.29. The molecule has 1 aliphatic heterocycles. The summed E-state index contributed by atoms with van der Waals surface area (Å²) in [6.07, 6.45) is 2.45. The Bertz CT molecular complexity index is 1150. The van der Waals surface area contributed by atoms with Crippen molar-refractivity contribution >= 4 is 29.0 Å². The number of nitrogens with zero attached hydrogens (tertiary/aromatic N) is 3. The lowest BCUT2D eigenvalue weighted by molar-refractivity contribution is -0.114. The molecule has 6 heteroatoms. The first-order chi connectivity index (χ1) is 15.3. The lowest BCUT2D eigenvalue weighted by atomic mass is 10.1. The molecule has 6 nitrogen and oxygen atoms in total. The fourth-order valence-electron chi connectivity index (χ4n) is 4.30. The van der Waals surface area contributed by atoms with Crippen LogP contribution in [0, 0.1) is 20.8 Å². The van der Waals surface area contributed by atoms with Gasteiger partial charge in [0.15, 0.2) is 0 Å². The molecule has 164 valence electrons. The minimum Gasteiger partial charge on any atom is -0.350 e. The van der Waals surface area contributed by atoms with Crippen molar-refractivity contribution in [3.63, 3.8) is 0 Å². The number of likely N-dealkylation sites (N-methyl/N-ethyl adjacent to an activating group) is 1. The number of anilines is 3. The predicted molar refractivity (Wildman–Crippen MR) is 129 cm³/mol. The molecule has 0 unspecified atom stereocenters. The molecule has 0 radical (unpaired) electrons. The van der Waals surface area contributed by atoms with Crippen molar-refractivity contribution in [2.24, 2.45) is 0 Å². The molecule has 0 bridgehead atoms. The van der Waals surface area contributed by atoms with Gasteiger partial charge in [0.1, 0.15) is 5.82 Å². The Balaban J connectivity index is 1.41. The minimum absolute atomic E-state index is 0.0558. The van der Waals surface area contributed by atoms with Gasteiger partial charge in [-0.2, -0.15) is 0 Å². The molecule has 0 aliphatic carbocycles. The minimum atomic E-state index is -0.113. The number of aryl methyl sites for hydroxylation is 3. The number of fused-ring (bicyclic) bond motifs is 1. The molecule has 32 heavy (non-hydrogen) atoms. The summed E-state index contributed by atoms with van der Waals surface area (Å²) in [6.45, 7) is 6.87. The molecule has 0 fully saturated rings. The molecule has 0 saturated carbocycles. The normalized spacial score (nSPS) is 12.4.